The van der Waals surface area contributed by atoms with Crippen molar-refractivity contribution in [3.63, 3.8) is 0 Å². The number of nitrogens with one attached hydrogen (secondary N) is 1. The highest BCUT2D eigenvalue weighted by molar-refractivity contribution is 7.80. The largest absolute Gasteiger partial charge is 0.348 e. The lowest BCUT2D eigenvalue weighted by atomic mass is 9.85. The van der Waals surface area contributed by atoms with Gasteiger partial charge >= 0.3 is 0 Å². The van der Waals surface area contributed by atoms with Gasteiger partial charge in [-0.3, -0.25) is 9.69 Å². The van der Waals surface area contributed by atoms with Gasteiger partial charge in [0.2, 0.25) is 0 Å². The quantitative estimate of drug-likeness (QED) is 0.724. The minimum absolute atomic E-state index is 0.249. The van der Waals surface area contributed by atoms with Crippen LogP contribution < -0.4 is 10.2 Å². The van der Waals surface area contributed by atoms with E-state index in [1.54, 1.807) is 13.8 Å². The molecule has 4 saturated heterocycles. The molecule has 1 aromatic rings. The zero-order valence-corrected chi connectivity index (χ0v) is 17.5. The summed E-state index contributed by atoms with van der Waals surface area (Å²) in [5, 5.41) is 3.53. The number of hydrogen-bond donors (Lipinski definition) is 1. The van der Waals surface area contributed by atoms with Crippen LogP contribution in [0, 0.1) is 0 Å². The molecule has 5 rings (SSSR count). The number of nitrogens with zero attached hydrogens (tertiary/aromatic N) is 1. The molecule has 1 amide bonds. The molecule has 1 N–H and O–H groups in total. The molecule has 4 aliphatic rings. The molecular formula is C20H24N2O6S. The van der Waals surface area contributed by atoms with E-state index in [4.69, 9.17) is 35.9 Å². The van der Waals surface area contributed by atoms with Crippen molar-refractivity contribution in [2.75, 3.05) is 11.5 Å². The van der Waals surface area contributed by atoms with Gasteiger partial charge in [-0.1, -0.05) is 18.2 Å². The van der Waals surface area contributed by atoms with Crippen molar-refractivity contribution in [3.8, 4) is 0 Å². The molecule has 1 aromatic carbocycles. The van der Waals surface area contributed by atoms with Crippen LogP contribution in [0.5, 0.6) is 0 Å². The van der Waals surface area contributed by atoms with Crippen LogP contribution in [0.4, 0.5) is 5.69 Å². The lowest BCUT2D eigenvalue weighted by Gasteiger charge is -2.35. The van der Waals surface area contributed by atoms with Crippen molar-refractivity contribution in [2.45, 2.75) is 69.4 Å². The van der Waals surface area contributed by atoms with Crippen LogP contribution >= 0.6 is 12.2 Å². The third-order valence-electron chi connectivity index (χ3n) is 5.69. The summed E-state index contributed by atoms with van der Waals surface area (Å²) in [7, 11) is 0. The van der Waals surface area contributed by atoms with Crippen LogP contribution in [0.3, 0.4) is 0 Å². The van der Waals surface area contributed by atoms with Gasteiger partial charge in [0.05, 0.1) is 12.3 Å². The van der Waals surface area contributed by atoms with Gasteiger partial charge in [-0.15, -0.1) is 0 Å². The van der Waals surface area contributed by atoms with Gasteiger partial charge in [0.15, 0.2) is 28.5 Å². The fourth-order valence-electron chi connectivity index (χ4n) is 4.56. The molecule has 9 heteroatoms. The first-order valence-corrected chi connectivity index (χ1v) is 10.1. The fourth-order valence-corrected chi connectivity index (χ4v) is 4.91. The second kappa shape index (κ2) is 6.19. The van der Waals surface area contributed by atoms with Gasteiger partial charge in [0.1, 0.15) is 18.3 Å². The summed E-state index contributed by atoms with van der Waals surface area (Å²) >= 11 is 5.57. The first-order valence-electron chi connectivity index (χ1n) is 9.68. The van der Waals surface area contributed by atoms with Crippen LogP contribution in [-0.4, -0.2) is 59.3 Å². The molecule has 8 nitrogen and oxygen atoms in total. The zero-order valence-electron chi connectivity index (χ0n) is 16.7. The first kappa shape index (κ1) is 19.3. The Kier molecular flexibility index (Phi) is 4.13. The topological polar surface area (TPSA) is 78.5 Å². The van der Waals surface area contributed by atoms with Gasteiger partial charge in [-0.2, -0.15) is 0 Å². The summed E-state index contributed by atoms with van der Waals surface area (Å²) in [4.78, 5) is 15.4. The standard InChI is InChI=1S/C20H24N2O6S/c1-18(2)24-10-12(26-18)13-20(14-15(25-13)28-19(3,4)27-14)16(23)22(17(29)21-20)11-8-6-5-7-9-11/h5-9,12-15H,10H2,1-4H3,(H,21,29)/t12-,13?,14?,15?,20?/m1/s1. The van der Waals surface area contributed by atoms with E-state index in [0.29, 0.717) is 10.8 Å². The summed E-state index contributed by atoms with van der Waals surface area (Å²) in [5.41, 5.74) is -0.601. The highest BCUT2D eigenvalue weighted by Crippen LogP contribution is 2.48. The summed E-state index contributed by atoms with van der Waals surface area (Å²) in [6.07, 6.45) is -2.60. The maximum atomic E-state index is 13.9. The molecule has 29 heavy (non-hydrogen) atoms. The average molecular weight is 420 g/mol. The number of anilines is 1. The SMILES string of the molecule is CC1(C)OC2OC([C@H]3COC(C)(C)O3)C3(NC(=S)N(c4ccccc4)C3=O)C2O1. The van der Waals surface area contributed by atoms with Crippen molar-refractivity contribution < 1.29 is 28.5 Å². The third-order valence-corrected chi connectivity index (χ3v) is 5.98. The van der Waals surface area contributed by atoms with Gasteiger partial charge in [0, 0.05) is 0 Å². The van der Waals surface area contributed by atoms with Crippen molar-refractivity contribution in [3.05, 3.63) is 30.3 Å². The molecule has 4 aliphatic heterocycles. The summed E-state index contributed by atoms with van der Waals surface area (Å²) in [6, 6.07) is 9.27. The second-order valence-corrected chi connectivity index (χ2v) is 9.01. The molecule has 0 aliphatic carbocycles. The molecule has 0 aromatic heterocycles. The number of rotatable bonds is 2. The van der Waals surface area contributed by atoms with Gasteiger partial charge < -0.3 is 29.0 Å². The van der Waals surface area contributed by atoms with Gasteiger partial charge in [0.25, 0.3) is 5.91 Å². The van der Waals surface area contributed by atoms with Crippen LogP contribution in [-0.2, 0) is 28.5 Å². The smallest absolute Gasteiger partial charge is 0.264 e. The Morgan fingerprint density at radius 2 is 1.76 bits per heavy atom. The van der Waals surface area contributed by atoms with Crippen LogP contribution in [0.1, 0.15) is 27.7 Å². The highest BCUT2D eigenvalue weighted by atomic mass is 32.1. The molecular weight excluding hydrogens is 396 g/mol. The Labute approximate surface area is 174 Å². The maximum absolute atomic E-state index is 13.9. The molecule has 0 bridgehead atoms. The highest BCUT2D eigenvalue weighted by Gasteiger charge is 2.73. The molecule has 0 radical (unpaired) electrons. The lowest BCUT2D eigenvalue weighted by molar-refractivity contribution is -0.228. The van der Waals surface area contributed by atoms with Crippen molar-refractivity contribution >= 4 is 28.9 Å². The predicted molar refractivity (Wildman–Crippen MR) is 106 cm³/mol. The van der Waals surface area contributed by atoms with Crippen LogP contribution in [0.15, 0.2) is 30.3 Å². The van der Waals surface area contributed by atoms with E-state index in [1.807, 2.05) is 44.2 Å². The predicted octanol–water partition coefficient (Wildman–Crippen LogP) is 1.67. The Morgan fingerprint density at radius 1 is 1.03 bits per heavy atom. The Bertz CT molecular complexity index is 862. The molecule has 5 atom stereocenters. The van der Waals surface area contributed by atoms with E-state index in [-0.39, 0.29) is 12.5 Å². The number of benzene rings is 1. The number of thiocarbonyl (C=S) groups is 1. The van der Waals surface area contributed by atoms with E-state index in [2.05, 4.69) is 5.32 Å². The first-order chi connectivity index (χ1) is 13.6. The number of hydrogen-bond acceptors (Lipinski definition) is 7. The van der Waals surface area contributed by atoms with Crippen molar-refractivity contribution in [1.29, 1.82) is 0 Å². The number of para-hydroxylation sites is 1. The summed E-state index contributed by atoms with van der Waals surface area (Å²) in [5.74, 6) is -1.90. The molecule has 4 heterocycles. The second-order valence-electron chi connectivity index (χ2n) is 8.62. The average Bonchev–Trinajstić information content (AvgIpc) is 3.31. The lowest BCUT2D eigenvalue weighted by Crippen LogP contribution is -2.64. The van der Waals surface area contributed by atoms with Crippen LogP contribution in [0.2, 0.25) is 0 Å². The monoisotopic (exact) mass is 420 g/mol. The number of carbonyl (C=O) groups is 1. The number of fused-ring (bicyclic) bond motifs is 2. The van der Waals surface area contributed by atoms with E-state index in [9.17, 15) is 4.79 Å². The summed E-state index contributed by atoms with van der Waals surface area (Å²) in [6.45, 7) is 7.53. The molecule has 4 fully saturated rings. The molecule has 156 valence electrons. The van der Waals surface area contributed by atoms with Crippen LogP contribution in [0.25, 0.3) is 0 Å². The summed E-state index contributed by atoms with van der Waals surface area (Å²) < 4.78 is 30.1. The van der Waals surface area contributed by atoms with Gasteiger partial charge in [-0.05, 0) is 52.0 Å². The number of carbonyl (C=O) groups excluding carboxylic acids is 1. The minimum Gasteiger partial charge on any atom is -0.348 e. The number of ether oxygens (including phenoxy) is 5. The Hall–Kier alpha value is -1.62. The van der Waals surface area contributed by atoms with Crippen molar-refractivity contribution in [2.24, 2.45) is 0 Å². The molecule has 4 unspecified atom stereocenters. The van der Waals surface area contributed by atoms with E-state index >= 15 is 0 Å². The van der Waals surface area contributed by atoms with E-state index < -0.39 is 41.7 Å². The molecule has 1 spiro atoms. The fraction of sp³-hybridized carbons (Fsp3) is 0.600. The van der Waals surface area contributed by atoms with E-state index in [0.717, 1.165) is 0 Å². The Balaban J connectivity index is 1.56. The normalized spacial score (nSPS) is 39.9. The molecule has 0 saturated carbocycles. The Morgan fingerprint density at radius 3 is 2.41 bits per heavy atom. The number of amides is 1. The minimum atomic E-state index is -1.28. The van der Waals surface area contributed by atoms with E-state index in [1.165, 1.54) is 4.90 Å². The maximum Gasteiger partial charge on any atom is 0.264 e. The third kappa shape index (κ3) is 2.83. The van der Waals surface area contributed by atoms with Crippen molar-refractivity contribution in [1.82, 2.24) is 5.32 Å². The zero-order chi connectivity index (χ0) is 20.6. The van der Waals surface area contributed by atoms with Gasteiger partial charge in [-0.25, -0.2) is 0 Å².